The van der Waals surface area contributed by atoms with E-state index in [2.05, 4.69) is 83.7 Å². The lowest BCUT2D eigenvalue weighted by Gasteiger charge is -2.19. The SMILES string of the molecule is C.C.CC(C)(C)OC(=O)NCc1n[nH]c(=O)c2ccc(Br)cc12.NCc1n[nH]c(=O)c2ccc(Br)cc12.O=C1c2ccccc2C(=O)N1Cc1n[nH]c(=O)c2ccc(Br)cc12. The highest BCUT2D eigenvalue weighted by atomic mass is 79.9. The molecule has 8 rings (SSSR count). The number of hydrogen-bond acceptors (Lipinski definition) is 11. The van der Waals surface area contributed by atoms with Crippen molar-refractivity contribution in [3.63, 3.8) is 0 Å². The number of H-pyrrole nitrogens is 3. The number of carbonyl (C=O) groups is 3. The van der Waals surface area contributed by atoms with Crippen molar-refractivity contribution in [1.82, 2.24) is 40.8 Å². The number of fused-ring (bicyclic) bond motifs is 4. The van der Waals surface area contributed by atoms with Crippen molar-refractivity contribution in [2.75, 3.05) is 0 Å². The van der Waals surface area contributed by atoms with Gasteiger partial charge in [0.2, 0.25) is 0 Å². The Morgan fingerprint density at radius 2 is 1.03 bits per heavy atom. The highest BCUT2D eigenvalue weighted by Gasteiger charge is 2.35. The van der Waals surface area contributed by atoms with Crippen LogP contribution in [-0.4, -0.2) is 59.0 Å². The Balaban J connectivity index is 0.000000205. The van der Waals surface area contributed by atoms with Crippen molar-refractivity contribution < 1.29 is 19.1 Å². The number of aromatic amines is 3. The first kappa shape index (κ1) is 47.8. The maximum atomic E-state index is 12.5. The van der Waals surface area contributed by atoms with E-state index in [1.807, 2.05) is 12.1 Å². The molecule has 0 saturated carbocycles. The average Bonchev–Trinajstić information content (AvgIpc) is 3.43. The summed E-state index contributed by atoms with van der Waals surface area (Å²) in [5, 5.41) is 25.5. The van der Waals surface area contributed by atoms with E-state index >= 15 is 0 Å². The zero-order chi connectivity index (χ0) is 42.6. The van der Waals surface area contributed by atoms with E-state index in [0.29, 0.717) is 61.7 Å². The predicted octanol–water partition coefficient (Wildman–Crippen LogP) is 7.61. The Morgan fingerprint density at radius 3 is 1.46 bits per heavy atom. The van der Waals surface area contributed by atoms with Crippen LogP contribution in [0, 0.1) is 0 Å². The monoisotopic (exact) mass is 1020 g/mol. The molecule has 7 aromatic rings. The molecule has 16 nitrogen and oxygen atoms in total. The maximum Gasteiger partial charge on any atom is 0.407 e. The normalized spacial score (nSPS) is 11.8. The van der Waals surface area contributed by atoms with Crippen LogP contribution < -0.4 is 27.7 Å². The molecule has 318 valence electrons. The van der Waals surface area contributed by atoms with Gasteiger partial charge < -0.3 is 15.8 Å². The molecule has 0 unspecified atom stereocenters. The van der Waals surface area contributed by atoms with Crippen LogP contribution in [0.3, 0.4) is 0 Å². The van der Waals surface area contributed by atoms with Crippen molar-refractivity contribution in [2.24, 2.45) is 5.73 Å². The molecule has 19 heteroatoms. The summed E-state index contributed by atoms with van der Waals surface area (Å²) in [6.45, 7) is 5.84. The summed E-state index contributed by atoms with van der Waals surface area (Å²) < 4.78 is 7.69. The van der Waals surface area contributed by atoms with Crippen LogP contribution in [0.5, 0.6) is 0 Å². The van der Waals surface area contributed by atoms with E-state index in [1.165, 1.54) is 0 Å². The molecule has 6 N–H and O–H groups in total. The predicted molar refractivity (Wildman–Crippen MR) is 245 cm³/mol. The second-order valence-corrected chi connectivity index (χ2v) is 16.6. The minimum atomic E-state index is -0.562. The van der Waals surface area contributed by atoms with E-state index in [0.717, 1.165) is 23.7 Å². The standard InChI is InChI=1S/C17H10BrN3O3.C14H16BrN3O3.C9H8BrN3O.2CH4/c18-9-5-6-10-13(7-9)14(19-20-15(10)22)8-21-16(23)11-3-1-2-4-12(11)17(21)24;1-14(2,3)21-13(20)16-7-11-10-6-8(15)4-5-9(10)12(19)18-17-11;10-5-1-2-6-7(3-5)8(4-11)12-13-9(6)14;;/h1-7H,8H2,(H,20,22);4-6H,7H2,1-3H3,(H,16,20)(H,18,19);1-3H,4,11H2,(H,13,14);2*1H4. The molecule has 0 fully saturated rings. The summed E-state index contributed by atoms with van der Waals surface area (Å²) in [7, 11) is 0. The summed E-state index contributed by atoms with van der Waals surface area (Å²) >= 11 is 10.1. The molecule has 61 heavy (non-hydrogen) atoms. The zero-order valence-electron chi connectivity index (χ0n) is 31.5. The lowest BCUT2D eigenvalue weighted by atomic mass is 10.1. The highest BCUT2D eigenvalue weighted by Crippen LogP contribution is 2.27. The number of nitrogens with zero attached hydrogens (tertiary/aromatic N) is 4. The molecule has 0 aliphatic carbocycles. The third-order valence-electron chi connectivity index (χ3n) is 8.67. The number of benzene rings is 4. The van der Waals surface area contributed by atoms with Crippen molar-refractivity contribution in [2.45, 2.75) is 60.9 Å². The van der Waals surface area contributed by atoms with Crippen molar-refractivity contribution >= 4 is 98.0 Å². The summed E-state index contributed by atoms with van der Waals surface area (Å²) in [6.07, 6.45) is -0.529. The van der Waals surface area contributed by atoms with Crippen LogP contribution in [0.1, 0.15) is 73.4 Å². The van der Waals surface area contributed by atoms with Gasteiger partial charge in [-0.15, -0.1) is 0 Å². The minimum absolute atomic E-state index is 0. The quantitative estimate of drug-likeness (QED) is 0.105. The largest absolute Gasteiger partial charge is 0.444 e. The fourth-order valence-corrected chi connectivity index (χ4v) is 7.07. The van der Waals surface area contributed by atoms with Crippen LogP contribution in [-0.2, 0) is 24.4 Å². The third-order valence-corrected chi connectivity index (χ3v) is 10.1. The number of aromatic nitrogens is 6. The van der Waals surface area contributed by atoms with Crippen LogP contribution in [0.15, 0.2) is 107 Å². The van der Waals surface area contributed by atoms with Crippen molar-refractivity contribution in [3.8, 4) is 0 Å². The Hall–Kier alpha value is -5.89. The number of imide groups is 1. The second-order valence-electron chi connectivity index (χ2n) is 13.9. The average molecular weight is 1020 g/mol. The first-order valence-corrected chi connectivity index (χ1v) is 20.0. The van der Waals surface area contributed by atoms with Gasteiger partial charge in [-0.3, -0.25) is 28.9 Å². The van der Waals surface area contributed by atoms with Gasteiger partial charge >= 0.3 is 6.09 Å². The van der Waals surface area contributed by atoms with Crippen LogP contribution in [0.2, 0.25) is 0 Å². The van der Waals surface area contributed by atoms with Gasteiger partial charge in [-0.1, -0.05) is 74.8 Å². The number of amides is 3. The van der Waals surface area contributed by atoms with E-state index in [-0.39, 0.29) is 56.4 Å². The number of rotatable bonds is 5. The molecule has 0 radical (unpaired) electrons. The van der Waals surface area contributed by atoms with Gasteiger partial charge in [0.15, 0.2) is 0 Å². The molecular weight excluding hydrogens is 982 g/mol. The Bertz CT molecular complexity index is 2930. The number of halogens is 3. The fourth-order valence-electron chi connectivity index (χ4n) is 5.99. The maximum absolute atomic E-state index is 12.5. The summed E-state index contributed by atoms with van der Waals surface area (Å²) in [5.74, 6) is -0.710. The first-order valence-electron chi connectivity index (χ1n) is 17.7. The molecule has 0 atom stereocenters. The third kappa shape index (κ3) is 11.1. The molecule has 0 saturated heterocycles. The van der Waals surface area contributed by atoms with Gasteiger partial charge in [-0.2, -0.15) is 15.3 Å². The van der Waals surface area contributed by atoms with Gasteiger partial charge in [-0.05, 0) is 87.5 Å². The molecule has 1 aliphatic rings. The molecule has 3 aromatic heterocycles. The van der Waals surface area contributed by atoms with Gasteiger partial charge in [0.25, 0.3) is 28.5 Å². The molecule has 4 aromatic carbocycles. The second kappa shape index (κ2) is 20.1. The summed E-state index contributed by atoms with van der Waals surface area (Å²) in [4.78, 5) is 72.8. The molecule has 0 spiro atoms. The lowest BCUT2D eigenvalue weighted by Crippen LogP contribution is -2.32. The fraction of sp³-hybridized carbons (Fsp3) is 0.214. The number of alkyl carbamates (subject to hydrolysis) is 1. The van der Waals surface area contributed by atoms with Gasteiger partial charge in [0, 0.05) is 36.1 Å². The topological polar surface area (TPSA) is 239 Å². The molecule has 1 aliphatic heterocycles. The van der Waals surface area contributed by atoms with Crippen LogP contribution >= 0.6 is 47.8 Å². The smallest absolute Gasteiger partial charge is 0.407 e. The lowest BCUT2D eigenvalue weighted by molar-refractivity contribution is 0.0521. The number of ether oxygens (including phenoxy) is 1. The highest BCUT2D eigenvalue weighted by molar-refractivity contribution is 9.11. The zero-order valence-corrected chi connectivity index (χ0v) is 36.2. The van der Waals surface area contributed by atoms with Crippen molar-refractivity contribution in [1.29, 1.82) is 0 Å². The Labute approximate surface area is 374 Å². The first-order chi connectivity index (χ1) is 28.0. The number of hydrogen-bond donors (Lipinski definition) is 5. The minimum Gasteiger partial charge on any atom is -0.444 e. The van der Waals surface area contributed by atoms with E-state index in [1.54, 1.807) is 87.5 Å². The Kier molecular flexibility index (Phi) is 15.8. The molecule has 3 amide bonds. The van der Waals surface area contributed by atoms with Gasteiger partial charge in [0.05, 0.1) is 57.5 Å². The number of nitrogens with one attached hydrogen (secondary N) is 4. The number of nitrogens with two attached hydrogens (primary N) is 1. The van der Waals surface area contributed by atoms with Gasteiger partial charge in [-0.25, -0.2) is 20.1 Å². The van der Waals surface area contributed by atoms with Crippen molar-refractivity contribution in [3.05, 3.63) is 152 Å². The molecular formula is C42H42Br3N9O7. The van der Waals surface area contributed by atoms with E-state index in [9.17, 15) is 28.8 Å². The summed E-state index contributed by atoms with van der Waals surface area (Å²) in [5.41, 5.74) is 6.68. The molecule has 0 bridgehead atoms. The molecule has 4 heterocycles. The van der Waals surface area contributed by atoms with E-state index < -0.39 is 11.7 Å². The van der Waals surface area contributed by atoms with E-state index in [4.69, 9.17) is 10.5 Å². The van der Waals surface area contributed by atoms with Crippen LogP contribution in [0.4, 0.5) is 4.79 Å². The summed E-state index contributed by atoms with van der Waals surface area (Å²) in [6, 6.07) is 22.6. The number of carbonyl (C=O) groups excluding carboxylic acids is 3. The van der Waals surface area contributed by atoms with Gasteiger partial charge in [0.1, 0.15) is 5.60 Å². The Morgan fingerprint density at radius 1 is 0.639 bits per heavy atom. The van der Waals surface area contributed by atoms with Crippen LogP contribution in [0.25, 0.3) is 32.3 Å².